The minimum atomic E-state index is -0.181. The maximum absolute atomic E-state index is 14.0. The van der Waals surface area contributed by atoms with E-state index in [0.717, 1.165) is 21.5 Å². The first-order valence-electron chi connectivity index (χ1n) is 10.0. The van der Waals surface area contributed by atoms with E-state index in [-0.39, 0.29) is 11.7 Å². The van der Waals surface area contributed by atoms with Crippen LogP contribution in [0.25, 0.3) is 10.9 Å². The molecule has 0 unspecified atom stereocenters. The highest BCUT2D eigenvalue weighted by Gasteiger charge is 2.11. The van der Waals surface area contributed by atoms with E-state index in [4.69, 9.17) is 4.74 Å². The quantitative estimate of drug-likeness (QED) is 0.372. The number of methoxy groups -OCH3 is 1. The number of carbonyl (C=O) groups is 1. The van der Waals surface area contributed by atoms with Gasteiger partial charge in [0.2, 0.25) is 0 Å². The summed E-state index contributed by atoms with van der Waals surface area (Å²) >= 11 is 1.62. The van der Waals surface area contributed by atoms with E-state index in [1.807, 2.05) is 24.3 Å². The van der Waals surface area contributed by atoms with E-state index in [9.17, 15) is 9.18 Å². The maximum Gasteiger partial charge on any atom is 0.251 e. The van der Waals surface area contributed by atoms with Crippen molar-refractivity contribution < 1.29 is 13.9 Å². The van der Waals surface area contributed by atoms with Crippen molar-refractivity contribution in [1.29, 1.82) is 0 Å². The van der Waals surface area contributed by atoms with Gasteiger partial charge in [0.25, 0.3) is 5.91 Å². The monoisotopic (exact) mass is 434 g/mol. The number of thioether (sulfide) groups is 1. The second-order valence-electron chi connectivity index (χ2n) is 7.07. The zero-order valence-electron chi connectivity index (χ0n) is 17.2. The molecular weight excluding hydrogens is 411 g/mol. The Morgan fingerprint density at radius 3 is 2.55 bits per heavy atom. The molecule has 6 heteroatoms. The van der Waals surface area contributed by atoms with Gasteiger partial charge in [0.05, 0.1) is 7.11 Å². The molecule has 1 N–H and O–H groups in total. The summed E-state index contributed by atoms with van der Waals surface area (Å²) in [5, 5.41) is 4.10. The maximum atomic E-state index is 14.0. The van der Waals surface area contributed by atoms with Crippen LogP contribution in [0.2, 0.25) is 0 Å². The van der Waals surface area contributed by atoms with Crippen LogP contribution in [0.1, 0.15) is 15.9 Å². The van der Waals surface area contributed by atoms with Crippen LogP contribution in [0.3, 0.4) is 0 Å². The number of para-hydroxylation sites is 1. The summed E-state index contributed by atoms with van der Waals surface area (Å²) in [6, 6.07) is 22.0. The van der Waals surface area contributed by atoms with Gasteiger partial charge in [-0.25, -0.2) is 4.39 Å². The van der Waals surface area contributed by atoms with Crippen LogP contribution in [0.15, 0.2) is 83.9 Å². The second-order valence-corrected chi connectivity index (χ2v) is 8.09. The first-order chi connectivity index (χ1) is 15.2. The topological polar surface area (TPSA) is 43.3 Å². The molecule has 1 heterocycles. The van der Waals surface area contributed by atoms with Crippen LogP contribution in [0.4, 0.5) is 4.39 Å². The highest BCUT2D eigenvalue weighted by molar-refractivity contribution is 7.98. The number of rotatable bonds is 8. The van der Waals surface area contributed by atoms with Crippen LogP contribution in [-0.2, 0) is 12.3 Å². The van der Waals surface area contributed by atoms with Crippen LogP contribution in [0.5, 0.6) is 5.75 Å². The lowest BCUT2D eigenvalue weighted by Crippen LogP contribution is -2.27. The molecular formula is C25H23FN2O2S. The number of benzene rings is 3. The van der Waals surface area contributed by atoms with Gasteiger partial charge < -0.3 is 14.6 Å². The molecule has 0 aliphatic heterocycles. The molecule has 1 aromatic heterocycles. The van der Waals surface area contributed by atoms with Gasteiger partial charge in [-0.05, 0) is 42.0 Å². The zero-order valence-corrected chi connectivity index (χ0v) is 18.0. The predicted octanol–water partition coefficient (Wildman–Crippen LogP) is 5.51. The molecule has 31 heavy (non-hydrogen) atoms. The molecule has 0 saturated heterocycles. The Morgan fingerprint density at radius 2 is 1.77 bits per heavy atom. The van der Waals surface area contributed by atoms with Crippen molar-refractivity contribution in [3.63, 3.8) is 0 Å². The van der Waals surface area contributed by atoms with Gasteiger partial charge in [-0.2, -0.15) is 0 Å². The lowest BCUT2D eigenvalue weighted by molar-refractivity contribution is 0.0952. The van der Waals surface area contributed by atoms with Crippen molar-refractivity contribution >= 4 is 28.6 Å². The van der Waals surface area contributed by atoms with Gasteiger partial charge in [-0.1, -0.05) is 36.4 Å². The number of nitrogens with one attached hydrogen (secondary N) is 1. The Morgan fingerprint density at radius 1 is 1.03 bits per heavy atom. The third-order valence-electron chi connectivity index (χ3n) is 5.08. The molecule has 0 atom stereocenters. The Balaban J connectivity index is 1.43. The predicted molar refractivity (Wildman–Crippen MR) is 123 cm³/mol. The van der Waals surface area contributed by atoms with E-state index in [2.05, 4.69) is 28.2 Å². The van der Waals surface area contributed by atoms with Gasteiger partial charge in [-0.3, -0.25) is 4.79 Å². The highest BCUT2D eigenvalue weighted by atomic mass is 32.2. The molecule has 3 aromatic carbocycles. The fourth-order valence-electron chi connectivity index (χ4n) is 3.42. The van der Waals surface area contributed by atoms with E-state index in [0.29, 0.717) is 30.0 Å². The second kappa shape index (κ2) is 9.71. The molecule has 0 spiro atoms. The summed E-state index contributed by atoms with van der Waals surface area (Å²) < 4.78 is 21.2. The lowest BCUT2D eigenvalue weighted by atomic mass is 10.2. The van der Waals surface area contributed by atoms with Crippen LogP contribution >= 0.6 is 11.8 Å². The number of hydrogen-bond donors (Lipinski definition) is 1. The molecule has 0 radical (unpaired) electrons. The van der Waals surface area contributed by atoms with Crippen molar-refractivity contribution in [2.24, 2.45) is 0 Å². The van der Waals surface area contributed by atoms with Crippen LogP contribution in [0, 0.1) is 5.82 Å². The number of ether oxygens (including phenoxy) is 1. The number of fused-ring (bicyclic) bond motifs is 1. The first-order valence-corrected chi connectivity index (χ1v) is 11.0. The molecule has 0 bridgehead atoms. The molecule has 0 aliphatic rings. The number of amides is 1. The smallest absolute Gasteiger partial charge is 0.251 e. The number of nitrogens with zero attached hydrogens (tertiary/aromatic N) is 1. The van der Waals surface area contributed by atoms with Gasteiger partial charge in [0, 0.05) is 46.4 Å². The van der Waals surface area contributed by atoms with E-state index in [1.54, 1.807) is 49.2 Å². The summed E-state index contributed by atoms with van der Waals surface area (Å²) in [4.78, 5) is 13.5. The molecule has 0 aliphatic carbocycles. The van der Waals surface area contributed by atoms with Crippen molar-refractivity contribution in [2.75, 3.05) is 13.7 Å². The minimum Gasteiger partial charge on any atom is -0.497 e. The summed E-state index contributed by atoms with van der Waals surface area (Å²) in [6.45, 7) is 1.14. The Labute approximate surface area is 185 Å². The summed E-state index contributed by atoms with van der Waals surface area (Å²) in [5.41, 5.74) is 2.38. The Hall–Kier alpha value is -3.25. The lowest BCUT2D eigenvalue weighted by Gasteiger charge is -2.08. The third kappa shape index (κ3) is 4.91. The molecule has 4 aromatic rings. The molecule has 158 valence electrons. The van der Waals surface area contributed by atoms with Gasteiger partial charge in [0.1, 0.15) is 11.6 Å². The van der Waals surface area contributed by atoms with E-state index >= 15 is 0 Å². The number of halogens is 1. The summed E-state index contributed by atoms with van der Waals surface area (Å²) in [5.74, 6) is 0.985. The van der Waals surface area contributed by atoms with Crippen LogP contribution in [-0.4, -0.2) is 24.1 Å². The van der Waals surface area contributed by atoms with Crippen molar-refractivity contribution in [1.82, 2.24) is 9.88 Å². The number of hydrogen-bond acceptors (Lipinski definition) is 3. The van der Waals surface area contributed by atoms with Crippen molar-refractivity contribution in [3.05, 3.63) is 95.9 Å². The summed E-state index contributed by atoms with van der Waals surface area (Å²) in [6.07, 6.45) is 2.08. The van der Waals surface area contributed by atoms with Gasteiger partial charge in [0.15, 0.2) is 0 Å². The van der Waals surface area contributed by atoms with Gasteiger partial charge >= 0.3 is 0 Å². The average molecular weight is 435 g/mol. The molecule has 4 rings (SSSR count). The average Bonchev–Trinajstić information content (AvgIpc) is 3.16. The Bertz CT molecular complexity index is 1190. The first kappa shape index (κ1) is 21.0. The highest BCUT2D eigenvalue weighted by Crippen LogP contribution is 2.32. The van der Waals surface area contributed by atoms with Crippen molar-refractivity contribution in [2.45, 2.75) is 17.2 Å². The molecule has 0 saturated carbocycles. The minimum absolute atomic E-state index is 0.117. The fraction of sp³-hybridized carbons (Fsp3) is 0.160. The van der Waals surface area contributed by atoms with E-state index < -0.39 is 0 Å². The van der Waals surface area contributed by atoms with Gasteiger partial charge in [-0.15, -0.1) is 11.8 Å². The normalized spacial score (nSPS) is 10.9. The number of aromatic nitrogens is 1. The SMILES string of the molecule is COc1ccc(C(=O)NCCn2cc(SCc3ccccc3F)c3ccccc32)cc1. The Kier molecular flexibility index (Phi) is 6.57. The van der Waals surface area contributed by atoms with E-state index in [1.165, 1.54) is 6.07 Å². The molecule has 4 nitrogen and oxygen atoms in total. The standard InChI is InChI=1S/C25H23FN2O2S/c1-30-20-12-10-18(11-13-20)25(29)27-14-15-28-16-24(21-7-3-5-9-23(21)28)31-17-19-6-2-4-8-22(19)26/h2-13,16H,14-15,17H2,1H3,(H,27,29). The number of carbonyl (C=O) groups excluding carboxylic acids is 1. The summed E-state index contributed by atoms with van der Waals surface area (Å²) in [7, 11) is 1.60. The molecule has 0 fully saturated rings. The molecule has 1 amide bonds. The van der Waals surface area contributed by atoms with Crippen LogP contribution < -0.4 is 10.1 Å². The van der Waals surface area contributed by atoms with Crippen molar-refractivity contribution in [3.8, 4) is 5.75 Å². The third-order valence-corrected chi connectivity index (χ3v) is 6.18. The zero-order chi connectivity index (χ0) is 21.6. The fourth-order valence-corrected chi connectivity index (χ4v) is 4.49. The largest absolute Gasteiger partial charge is 0.497 e.